The highest BCUT2D eigenvalue weighted by Crippen LogP contribution is 2.23. The lowest BCUT2D eigenvalue weighted by Gasteiger charge is -2.19. The molecule has 0 atom stereocenters. The quantitative estimate of drug-likeness (QED) is 0.774. The van der Waals surface area contributed by atoms with Gasteiger partial charge in [-0.05, 0) is 23.1 Å². The number of rotatable bonds is 2. The molecule has 5 nitrogen and oxygen atoms in total. The minimum Gasteiger partial charge on any atom is -0.396 e. The molecule has 0 radical (unpaired) electrons. The third-order valence-corrected chi connectivity index (χ3v) is 2.90. The van der Waals surface area contributed by atoms with Gasteiger partial charge in [-0.1, -0.05) is 32.9 Å². The van der Waals surface area contributed by atoms with Crippen LogP contribution in [0.15, 0.2) is 30.5 Å². The van der Waals surface area contributed by atoms with Crippen molar-refractivity contribution in [3.05, 3.63) is 41.7 Å². The molecule has 0 unspecified atom stereocenters. The number of carbonyl (C=O) groups excluding carboxylic acids is 1. The van der Waals surface area contributed by atoms with E-state index in [2.05, 4.69) is 36.3 Å². The van der Waals surface area contributed by atoms with Crippen molar-refractivity contribution in [2.45, 2.75) is 26.2 Å². The van der Waals surface area contributed by atoms with Gasteiger partial charge in [-0.25, -0.2) is 0 Å². The number of anilines is 2. The first kappa shape index (κ1) is 13.1. The van der Waals surface area contributed by atoms with Crippen LogP contribution in [0.2, 0.25) is 0 Å². The Bertz CT molecular complexity index is 578. The van der Waals surface area contributed by atoms with Crippen molar-refractivity contribution in [3.63, 3.8) is 0 Å². The Balaban J connectivity index is 2.12. The molecule has 4 N–H and O–H groups in total. The number of aromatic nitrogens is 2. The topological polar surface area (TPSA) is 83.8 Å². The molecule has 2 aromatic rings. The number of amides is 1. The molecule has 0 saturated heterocycles. The zero-order chi connectivity index (χ0) is 14.0. The summed E-state index contributed by atoms with van der Waals surface area (Å²) in [4.78, 5) is 11.9. The largest absolute Gasteiger partial charge is 0.396 e. The van der Waals surface area contributed by atoms with E-state index in [-0.39, 0.29) is 17.0 Å². The summed E-state index contributed by atoms with van der Waals surface area (Å²) in [7, 11) is 0. The number of nitrogen functional groups attached to an aromatic ring is 1. The van der Waals surface area contributed by atoms with Crippen LogP contribution in [0.25, 0.3) is 0 Å². The molecule has 0 saturated carbocycles. The molecule has 0 spiro atoms. The average molecular weight is 258 g/mol. The highest BCUT2D eigenvalue weighted by atomic mass is 16.1. The van der Waals surface area contributed by atoms with Gasteiger partial charge in [0.05, 0.1) is 11.9 Å². The van der Waals surface area contributed by atoms with Gasteiger partial charge in [0, 0.05) is 5.69 Å². The molecule has 1 heterocycles. The summed E-state index contributed by atoms with van der Waals surface area (Å²) in [6, 6.07) is 7.77. The zero-order valence-electron chi connectivity index (χ0n) is 11.3. The maximum atomic E-state index is 11.9. The van der Waals surface area contributed by atoms with Crippen LogP contribution in [0.1, 0.15) is 36.8 Å². The van der Waals surface area contributed by atoms with Crippen LogP contribution in [-0.2, 0) is 5.41 Å². The van der Waals surface area contributed by atoms with Gasteiger partial charge in [-0.2, -0.15) is 5.10 Å². The zero-order valence-corrected chi connectivity index (χ0v) is 11.3. The smallest absolute Gasteiger partial charge is 0.275 e. The third kappa shape index (κ3) is 2.93. The molecule has 1 aromatic carbocycles. The second-order valence-corrected chi connectivity index (χ2v) is 5.48. The predicted molar refractivity (Wildman–Crippen MR) is 76.1 cm³/mol. The SMILES string of the molecule is CC(C)(C)c1ccc(NC(=O)c2[nH]ncc2N)cc1. The summed E-state index contributed by atoms with van der Waals surface area (Å²) in [5.41, 5.74) is 8.27. The van der Waals surface area contributed by atoms with Gasteiger partial charge in [0.25, 0.3) is 5.91 Å². The monoisotopic (exact) mass is 258 g/mol. The predicted octanol–water partition coefficient (Wildman–Crippen LogP) is 2.54. The Labute approximate surface area is 112 Å². The lowest BCUT2D eigenvalue weighted by Crippen LogP contribution is -2.15. The Morgan fingerprint density at radius 2 is 1.89 bits per heavy atom. The van der Waals surface area contributed by atoms with Gasteiger partial charge in [0.2, 0.25) is 0 Å². The third-order valence-electron chi connectivity index (χ3n) is 2.90. The molecule has 5 heteroatoms. The standard InChI is InChI=1S/C14H18N4O/c1-14(2,3)9-4-6-10(7-5-9)17-13(19)12-11(15)8-16-18-12/h4-8H,15H2,1-3H3,(H,16,18)(H,17,19). The minimum atomic E-state index is -0.293. The fourth-order valence-electron chi connectivity index (χ4n) is 1.72. The molecule has 0 aliphatic rings. The van der Waals surface area contributed by atoms with Gasteiger partial charge in [0.15, 0.2) is 0 Å². The van der Waals surface area contributed by atoms with Gasteiger partial charge in [-0.3, -0.25) is 9.89 Å². The van der Waals surface area contributed by atoms with E-state index in [4.69, 9.17) is 5.73 Å². The van der Waals surface area contributed by atoms with E-state index in [0.717, 1.165) is 5.69 Å². The number of hydrogen-bond acceptors (Lipinski definition) is 3. The fourth-order valence-corrected chi connectivity index (χ4v) is 1.72. The van der Waals surface area contributed by atoms with E-state index in [9.17, 15) is 4.79 Å². The summed E-state index contributed by atoms with van der Waals surface area (Å²) >= 11 is 0. The molecule has 1 aromatic heterocycles. The van der Waals surface area contributed by atoms with Gasteiger partial charge >= 0.3 is 0 Å². The van der Waals surface area contributed by atoms with Crippen molar-refractivity contribution in [1.82, 2.24) is 10.2 Å². The minimum absolute atomic E-state index is 0.0936. The molecule has 1 amide bonds. The number of nitrogens with zero attached hydrogens (tertiary/aromatic N) is 1. The van der Waals surface area contributed by atoms with Crippen molar-refractivity contribution in [2.24, 2.45) is 0 Å². The van der Waals surface area contributed by atoms with E-state index in [1.54, 1.807) is 0 Å². The Hall–Kier alpha value is -2.30. The summed E-state index contributed by atoms with van der Waals surface area (Å²) in [5.74, 6) is -0.293. The second kappa shape index (κ2) is 4.76. The van der Waals surface area contributed by atoms with Crippen LogP contribution in [0.5, 0.6) is 0 Å². The Morgan fingerprint density at radius 1 is 1.26 bits per heavy atom. The van der Waals surface area contributed by atoms with Crippen LogP contribution in [-0.4, -0.2) is 16.1 Å². The van der Waals surface area contributed by atoms with Crippen molar-refractivity contribution in [1.29, 1.82) is 0 Å². The van der Waals surface area contributed by atoms with Crippen LogP contribution in [0, 0.1) is 0 Å². The van der Waals surface area contributed by atoms with Crippen molar-refractivity contribution in [2.75, 3.05) is 11.1 Å². The van der Waals surface area contributed by atoms with E-state index in [1.807, 2.05) is 24.3 Å². The lowest BCUT2D eigenvalue weighted by atomic mass is 9.87. The van der Waals surface area contributed by atoms with Crippen LogP contribution in [0.4, 0.5) is 11.4 Å². The summed E-state index contributed by atoms with van der Waals surface area (Å²) in [6.45, 7) is 6.43. The molecular formula is C14H18N4O. The number of H-pyrrole nitrogens is 1. The molecule has 100 valence electrons. The highest BCUT2D eigenvalue weighted by Gasteiger charge is 2.14. The molecular weight excluding hydrogens is 240 g/mol. The molecule has 19 heavy (non-hydrogen) atoms. The molecule has 0 fully saturated rings. The maximum Gasteiger partial charge on any atom is 0.275 e. The number of nitrogens with two attached hydrogens (primary N) is 1. The number of benzene rings is 1. The van der Waals surface area contributed by atoms with Crippen LogP contribution < -0.4 is 11.1 Å². The van der Waals surface area contributed by atoms with Crippen LogP contribution >= 0.6 is 0 Å². The average Bonchev–Trinajstić information content (AvgIpc) is 2.75. The fraction of sp³-hybridized carbons (Fsp3) is 0.286. The molecule has 0 aliphatic heterocycles. The van der Waals surface area contributed by atoms with Gasteiger partial charge in [-0.15, -0.1) is 0 Å². The molecule has 2 rings (SSSR count). The number of nitrogens with one attached hydrogen (secondary N) is 2. The summed E-state index contributed by atoms with van der Waals surface area (Å²) in [5, 5.41) is 9.07. The number of hydrogen-bond donors (Lipinski definition) is 3. The first-order valence-corrected chi connectivity index (χ1v) is 6.08. The van der Waals surface area contributed by atoms with E-state index in [1.165, 1.54) is 11.8 Å². The lowest BCUT2D eigenvalue weighted by molar-refractivity contribution is 0.102. The number of aromatic amines is 1. The van der Waals surface area contributed by atoms with Gasteiger partial charge in [0.1, 0.15) is 5.69 Å². The van der Waals surface area contributed by atoms with Crippen molar-refractivity contribution < 1.29 is 4.79 Å². The van der Waals surface area contributed by atoms with Crippen LogP contribution in [0.3, 0.4) is 0 Å². The van der Waals surface area contributed by atoms with E-state index < -0.39 is 0 Å². The highest BCUT2D eigenvalue weighted by molar-refractivity contribution is 6.06. The first-order chi connectivity index (χ1) is 8.88. The van der Waals surface area contributed by atoms with Crippen molar-refractivity contribution in [3.8, 4) is 0 Å². The van der Waals surface area contributed by atoms with E-state index in [0.29, 0.717) is 5.69 Å². The maximum absolute atomic E-state index is 11.9. The second-order valence-electron chi connectivity index (χ2n) is 5.48. The molecule has 0 aliphatic carbocycles. The Kier molecular flexibility index (Phi) is 3.29. The van der Waals surface area contributed by atoms with E-state index >= 15 is 0 Å². The normalized spacial score (nSPS) is 11.3. The Morgan fingerprint density at radius 3 is 2.37 bits per heavy atom. The summed E-state index contributed by atoms with van der Waals surface area (Å²) in [6.07, 6.45) is 1.41. The van der Waals surface area contributed by atoms with Gasteiger partial charge < -0.3 is 11.1 Å². The molecule has 0 bridgehead atoms. The number of carbonyl (C=O) groups is 1. The first-order valence-electron chi connectivity index (χ1n) is 6.08. The van der Waals surface area contributed by atoms with Crippen molar-refractivity contribution >= 4 is 17.3 Å². The summed E-state index contributed by atoms with van der Waals surface area (Å²) < 4.78 is 0.